The van der Waals surface area contributed by atoms with Crippen molar-refractivity contribution in [1.82, 2.24) is 56.7 Å². The van der Waals surface area contributed by atoms with Gasteiger partial charge in [0.1, 0.15) is 48.0 Å². The fourth-order valence-electron chi connectivity index (χ4n) is 8.57. The summed E-state index contributed by atoms with van der Waals surface area (Å²) in [5.74, 6) is -6.79. The van der Waals surface area contributed by atoms with Crippen molar-refractivity contribution in [3.8, 4) is 5.75 Å². The first kappa shape index (κ1) is 57.3. The molecular weight excluding hydrogens is 953 g/mol. The zero-order valence-electron chi connectivity index (χ0n) is 42.8. The molecule has 9 atom stereocenters. The zero-order valence-corrected chi connectivity index (χ0v) is 42.8. The van der Waals surface area contributed by atoms with Crippen LogP contribution in [0.2, 0.25) is 0 Å². The summed E-state index contributed by atoms with van der Waals surface area (Å²) in [7, 11) is 0. The van der Waals surface area contributed by atoms with Gasteiger partial charge in [0.15, 0.2) is 0 Å². The van der Waals surface area contributed by atoms with Gasteiger partial charge in [-0.1, -0.05) is 90.4 Å². The summed E-state index contributed by atoms with van der Waals surface area (Å²) < 4.78 is 0. The fraction of sp³-hybridized carbons (Fsp3) is 0.500. The summed E-state index contributed by atoms with van der Waals surface area (Å²) >= 11 is 0. The average molecular weight is 1030 g/mol. The Bertz CT molecular complexity index is 2490. The van der Waals surface area contributed by atoms with Gasteiger partial charge in [-0.2, -0.15) is 0 Å². The van der Waals surface area contributed by atoms with Crippen LogP contribution in [0.3, 0.4) is 0 Å². The number of aliphatic carboxylic acids is 1. The van der Waals surface area contributed by atoms with Gasteiger partial charge < -0.3 is 62.7 Å². The van der Waals surface area contributed by atoms with E-state index in [-0.39, 0.29) is 62.7 Å². The molecule has 2 aromatic carbocycles. The van der Waals surface area contributed by atoms with Gasteiger partial charge in [-0.25, -0.2) is 14.8 Å². The predicted octanol–water partition coefficient (Wildman–Crippen LogP) is 1.17. The second-order valence-electron chi connectivity index (χ2n) is 19.7. The number of benzene rings is 2. The third kappa shape index (κ3) is 16.7. The maximum absolute atomic E-state index is 14.8. The number of hydrogen-bond acceptors (Lipinski definition) is 12. The van der Waals surface area contributed by atoms with E-state index in [1.165, 1.54) is 42.1 Å². The number of nitrogens with zero attached hydrogens (tertiary/aromatic N) is 3. The minimum absolute atomic E-state index is 0.00250. The Morgan fingerprint density at radius 1 is 0.662 bits per heavy atom. The standard InChI is InChI=1S/C52H72N12O10/c1-7-31(6)44(63-47(68)38(60-49(70)43(53)30(4)5)22-33-15-17-36(65)18-16-33)50(71)61-40(24-35-26-55-28-57-35)51(72)64-19-11-14-42(64)48(69)59-37(21-32-12-9-8-10-13-32)45(66)58-39(23-34-25-54-27-56-34)46(67)62-41(52(73)74)20-29(2)3/h8-10,12-13,15-18,25-31,37-44,65H,7,11,14,19-24,53H2,1-6H3,(H,54,56)(H,55,57)(H,58,66)(H,59,69)(H,60,70)(H,61,71)(H,62,67)(H,63,68)(H,73,74). The van der Waals surface area contributed by atoms with Crippen molar-refractivity contribution in [2.45, 2.75) is 141 Å². The summed E-state index contributed by atoms with van der Waals surface area (Å²) in [6, 6.07) is 5.44. The first-order valence-corrected chi connectivity index (χ1v) is 25.1. The molecule has 0 saturated carbocycles. The van der Waals surface area contributed by atoms with Crippen molar-refractivity contribution in [3.63, 3.8) is 0 Å². The highest BCUT2D eigenvalue weighted by Crippen LogP contribution is 2.22. The van der Waals surface area contributed by atoms with Crippen LogP contribution in [-0.2, 0) is 64.0 Å². The Morgan fingerprint density at radius 2 is 1.18 bits per heavy atom. The molecule has 22 nitrogen and oxygen atoms in total. The highest BCUT2D eigenvalue weighted by atomic mass is 16.4. The first-order chi connectivity index (χ1) is 35.2. The number of amides is 7. The van der Waals surface area contributed by atoms with Crippen LogP contribution in [0.1, 0.15) is 89.7 Å². The third-order valence-electron chi connectivity index (χ3n) is 13.1. The van der Waals surface area contributed by atoms with Crippen molar-refractivity contribution >= 4 is 47.3 Å². The number of phenols is 1. The van der Waals surface area contributed by atoms with Gasteiger partial charge >= 0.3 is 5.97 Å². The minimum Gasteiger partial charge on any atom is -0.508 e. The van der Waals surface area contributed by atoms with Gasteiger partial charge in [0, 0.05) is 56.0 Å². The molecule has 22 heteroatoms. The number of aromatic nitrogens is 4. The lowest BCUT2D eigenvalue weighted by Crippen LogP contribution is -2.61. The van der Waals surface area contributed by atoms with Crippen molar-refractivity contribution in [2.75, 3.05) is 6.54 Å². The molecular formula is C52H72N12O10. The number of likely N-dealkylation sites (tertiary alicyclic amines) is 1. The molecule has 7 amide bonds. The summed E-state index contributed by atoms with van der Waals surface area (Å²) in [5, 5.41) is 36.3. The van der Waals surface area contributed by atoms with Crippen molar-refractivity contribution < 1.29 is 48.6 Å². The van der Waals surface area contributed by atoms with E-state index in [2.05, 4.69) is 51.8 Å². The van der Waals surface area contributed by atoms with E-state index >= 15 is 0 Å². The average Bonchev–Trinajstić information content (AvgIpc) is 4.19. The SMILES string of the molecule is CCC(C)C(NC(=O)C(Cc1ccc(O)cc1)NC(=O)C(N)C(C)C)C(=O)NC(Cc1cnc[nH]1)C(=O)N1CCCC1C(=O)NC(Cc1ccccc1)C(=O)NC(Cc1cnc[nH]1)C(=O)NC(CC(C)C)C(=O)O. The van der Waals surface area contributed by atoms with Gasteiger partial charge in [-0.3, -0.25) is 33.6 Å². The molecule has 12 N–H and O–H groups in total. The Hall–Kier alpha value is -7.62. The highest BCUT2D eigenvalue weighted by Gasteiger charge is 2.41. The number of nitrogens with two attached hydrogens (primary N) is 1. The van der Waals surface area contributed by atoms with E-state index in [0.717, 1.165) is 0 Å². The van der Waals surface area contributed by atoms with Crippen molar-refractivity contribution in [2.24, 2.45) is 23.5 Å². The molecule has 5 rings (SSSR count). The monoisotopic (exact) mass is 1020 g/mol. The van der Waals surface area contributed by atoms with Crippen LogP contribution in [0.25, 0.3) is 0 Å². The molecule has 0 spiro atoms. The maximum Gasteiger partial charge on any atom is 0.326 e. The molecule has 2 aromatic heterocycles. The molecule has 4 aromatic rings. The molecule has 1 aliphatic heterocycles. The quantitative estimate of drug-likeness (QED) is 0.0400. The number of aromatic amines is 2. The van der Waals surface area contributed by atoms with Crippen LogP contribution >= 0.6 is 0 Å². The van der Waals surface area contributed by atoms with Crippen LogP contribution in [0.15, 0.2) is 79.6 Å². The van der Waals surface area contributed by atoms with Gasteiger partial charge in [-0.05, 0) is 60.3 Å². The molecule has 3 heterocycles. The number of carboxylic acid groups (broad SMARTS) is 1. The van der Waals surface area contributed by atoms with E-state index < -0.39 is 102 Å². The second kappa shape index (κ2) is 27.4. The van der Waals surface area contributed by atoms with E-state index in [9.17, 15) is 48.6 Å². The lowest BCUT2D eigenvalue weighted by Gasteiger charge is -2.32. The Kier molecular flexibility index (Phi) is 21.2. The Morgan fingerprint density at radius 3 is 1.72 bits per heavy atom. The molecule has 1 saturated heterocycles. The summed E-state index contributed by atoms with van der Waals surface area (Å²) in [5.41, 5.74) is 8.39. The molecule has 1 aliphatic rings. The topological polar surface area (TPSA) is 336 Å². The lowest BCUT2D eigenvalue weighted by atomic mass is 9.96. The number of carboxylic acids is 1. The maximum atomic E-state index is 14.8. The van der Waals surface area contributed by atoms with E-state index in [1.807, 2.05) is 20.8 Å². The molecule has 9 unspecified atom stereocenters. The summed E-state index contributed by atoms with van der Waals surface area (Å²) in [6.45, 7) is 10.9. The fourth-order valence-corrected chi connectivity index (χ4v) is 8.57. The smallest absolute Gasteiger partial charge is 0.326 e. The van der Waals surface area contributed by atoms with Crippen LogP contribution < -0.4 is 37.6 Å². The number of hydrogen-bond donors (Lipinski definition) is 11. The van der Waals surface area contributed by atoms with E-state index in [0.29, 0.717) is 35.4 Å². The number of phenolic OH excluding ortho intramolecular Hbond substituents is 1. The number of rotatable bonds is 27. The van der Waals surface area contributed by atoms with Gasteiger partial charge in [0.05, 0.1) is 18.7 Å². The lowest BCUT2D eigenvalue weighted by molar-refractivity contribution is -0.143. The molecule has 0 aliphatic carbocycles. The highest BCUT2D eigenvalue weighted by molar-refractivity contribution is 5.98. The normalized spacial score (nSPS) is 16.7. The summed E-state index contributed by atoms with van der Waals surface area (Å²) in [6.07, 6.45) is 6.75. The number of carbonyl (C=O) groups excluding carboxylic acids is 7. The number of H-pyrrole nitrogens is 2. The number of carbonyl (C=O) groups is 8. The van der Waals surface area contributed by atoms with Crippen LogP contribution in [0, 0.1) is 17.8 Å². The Labute approximate surface area is 430 Å². The Balaban J connectivity index is 1.38. The second-order valence-corrected chi connectivity index (χ2v) is 19.7. The molecule has 0 radical (unpaired) electrons. The molecule has 0 bridgehead atoms. The molecule has 400 valence electrons. The molecule has 1 fully saturated rings. The largest absolute Gasteiger partial charge is 0.508 e. The van der Waals surface area contributed by atoms with Gasteiger partial charge in [0.2, 0.25) is 41.4 Å². The van der Waals surface area contributed by atoms with Crippen LogP contribution in [0.4, 0.5) is 0 Å². The number of nitrogens with one attached hydrogen (secondary N) is 8. The van der Waals surface area contributed by atoms with Gasteiger partial charge in [-0.15, -0.1) is 0 Å². The summed E-state index contributed by atoms with van der Waals surface area (Å²) in [4.78, 5) is 127. The van der Waals surface area contributed by atoms with E-state index in [4.69, 9.17) is 5.73 Å². The third-order valence-corrected chi connectivity index (χ3v) is 13.1. The van der Waals surface area contributed by atoms with Crippen molar-refractivity contribution in [3.05, 3.63) is 102 Å². The van der Waals surface area contributed by atoms with Crippen LogP contribution in [0.5, 0.6) is 5.75 Å². The van der Waals surface area contributed by atoms with Crippen molar-refractivity contribution in [1.29, 1.82) is 0 Å². The molecule has 74 heavy (non-hydrogen) atoms. The van der Waals surface area contributed by atoms with Gasteiger partial charge in [0.25, 0.3) is 0 Å². The zero-order chi connectivity index (χ0) is 54.1. The van der Waals surface area contributed by atoms with E-state index in [1.54, 1.807) is 63.2 Å². The number of imidazole rings is 2. The van der Waals surface area contributed by atoms with Crippen LogP contribution in [-0.4, -0.2) is 137 Å². The first-order valence-electron chi connectivity index (χ1n) is 25.1. The minimum atomic E-state index is -1.29. The predicted molar refractivity (Wildman–Crippen MR) is 272 cm³/mol. The number of aromatic hydroxyl groups is 1.